The monoisotopic (exact) mass is 226 g/mol. The van der Waals surface area contributed by atoms with E-state index in [0.717, 1.165) is 12.2 Å². The van der Waals surface area contributed by atoms with E-state index in [-0.39, 0.29) is 11.9 Å². The quantitative estimate of drug-likeness (QED) is 0.701. The van der Waals surface area contributed by atoms with Gasteiger partial charge in [0.1, 0.15) is 9.84 Å². The molecule has 0 saturated heterocycles. The summed E-state index contributed by atoms with van der Waals surface area (Å²) in [5, 5.41) is 9.37. The molecule has 0 bridgehead atoms. The van der Waals surface area contributed by atoms with Crippen molar-refractivity contribution in [3.8, 4) is 0 Å². The summed E-state index contributed by atoms with van der Waals surface area (Å²) in [4.78, 5) is 0. The molecule has 5 heteroatoms. The van der Waals surface area contributed by atoms with Gasteiger partial charge in [-0.25, -0.2) is 8.42 Å². The fourth-order valence-electron chi connectivity index (χ4n) is 0.979. The van der Waals surface area contributed by atoms with Gasteiger partial charge in [-0.05, 0) is 31.3 Å². The Morgan fingerprint density at radius 2 is 2.00 bits per heavy atom. The maximum Gasteiger partial charge on any atom is 0.147 e. The van der Waals surface area contributed by atoms with Gasteiger partial charge in [0, 0.05) is 12.0 Å². The Kier molecular flexibility index (Phi) is 6.81. The predicted octanol–water partition coefficient (Wildman–Crippen LogP) is 0.925. The molecule has 0 rings (SSSR count). The molecule has 0 aromatic rings. The van der Waals surface area contributed by atoms with Crippen LogP contribution < -0.4 is 0 Å². The molecule has 3 nitrogen and oxygen atoms in total. The van der Waals surface area contributed by atoms with E-state index in [4.69, 9.17) is 0 Å². The fourth-order valence-corrected chi connectivity index (χ4v) is 2.18. The van der Waals surface area contributed by atoms with Crippen LogP contribution in [0.1, 0.15) is 19.3 Å². The zero-order chi connectivity index (χ0) is 10.3. The molecule has 1 atom stereocenters. The first kappa shape index (κ1) is 13.3. The van der Waals surface area contributed by atoms with Crippen molar-refractivity contribution in [3.05, 3.63) is 0 Å². The van der Waals surface area contributed by atoms with Gasteiger partial charge in [0.2, 0.25) is 0 Å². The lowest BCUT2D eigenvalue weighted by Gasteiger charge is -2.08. The van der Waals surface area contributed by atoms with Crippen LogP contribution in [0.25, 0.3) is 0 Å². The first-order valence-electron chi connectivity index (χ1n) is 4.30. The Bertz CT molecular complexity index is 211. The maximum absolute atomic E-state index is 10.7. The van der Waals surface area contributed by atoms with E-state index in [1.54, 1.807) is 11.8 Å². The van der Waals surface area contributed by atoms with Crippen molar-refractivity contribution in [3.63, 3.8) is 0 Å². The van der Waals surface area contributed by atoms with Crippen molar-refractivity contribution >= 4 is 21.6 Å². The number of sulfone groups is 1. The third kappa shape index (κ3) is 10.2. The van der Waals surface area contributed by atoms with Crippen LogP contribution in [0.3, 0.4) is 0 Å². The molecule has 0 aliphatic carbocycles. The maximum atomic E-state index is 10.7. The van der Waals surface area contributed by atoms with Gasteiger partial charge in [0.15, 0.2) is 0 Å². The largest absolute Gasteiger partial charge is 0.393 e. The second kappa shape index (κ2) is 6.68. The summed E-state index contributed by atoms with van der Waals surface area (Å²) in [6, 6.07) is 0. The molecule has 0 aromatic carbocycles. The number of hydrogen-bond donors (Lipinski definition) is 1. The molecule has 1 N–H and O–H groups in total. The van der Waals surface area contributed by atoms with Gasteiger partial charge in [-0.15, -0.1) is 0 Å². The highest BCUT2D eigenvalue weighted by atomic mass is 32.2. The smallest absolute Gasteiger partial charge is 0.147 e. The van der Waals surface area contributed by atoms with Crippen molar-refractivity contribution < 1.29 is 13.5 Å². The molecule has 0 aliphatic rings. The first-order chi connectivity index (χ1) is 5.95. The second-order valence-corrected chi connectivity index (χ2v) is 6.45. The van der Waals surface area contributed by atoms with Crippen LogP contribution in [-0.4, -0.2) is 43.6 Å². The summed E-state index contributed by atoms with van der Waals surface area (Å²) >= 11 is 1.69. The van der Waals surface area contributed by atoms with Gasteiger partial charge in [-0.3, -0.25) is 0 Å². The van der Waals surface area contributed by atoms with Gasteiger partial charge < -0.3 is 5.11 Å². The highest BCUT2D eigenvalue weighted by Crippen LogP contribution is 2.06. The normalized spacial score (nSPS) is 14.4. The molecule has 0 aromatic heterocycles. The summed E-state index contributed by atoms with van der Waals surface area (Å²) in [5.41, 5.74) is 0. The standard InChI is InChI=1S/C8H18O3S2/c1-12-6-5-8(9)4-3-7-13(2,10)11/h8-9H,3-7H2,1-2H3. The van der Waals surface area contributed by atoms with Crippen molar-refractivity contribution in [2.75, 3.05) is 24.0 Å². The second-order valence-electron chi connectivity index (χ2n) is 3.21. The van der Waals surface area contributed by atoms with Gasteiger partial charge in [-0.1, -0.05) is 0 Å². The zero-order valence-corrected chi connectivity index (χ0v) is 9.83. The molecular weight excluding hydrogens is 208 g/mol. The summed E-state index contributed by atoms with van der Waals surface area (Å²) in [7, 11) is -2.86. The highest BCUT2D eigenvalue weighted by Gasteiger charge is 2.06. The van der Waals surface area contributed by atoms with Crippen LogP contribution in [0.5, 0.6) is 0 Å². The van der Waals surface area contributed by atoms with Gasteiger partial charge in [-0.2, -0.15) is 11.8 Å². The summed E-state index contributed by atoms with van der Waals surface area (Å²) in [6.07, 6.45) is 4.78. The Labute approximate surface area is 84.8 Å². The molecule has 0 heterocycles. The molecule has 0 aliphatic heterocycles. The van der Waals surface area contributed by atoms with Gasteiger partial charge in [0.05, 0.1) is 6.10 Å². The number of aliphatic hydroxyl groups excluding tert-OH is 1. The SMILES string of the molecule is CSCCC(O)CCCS(C)(=O)=O. The molecule has 0 radical (unpaired) electrons. The van der Waals surface area contributed by atoms with Crippen molar-refractivity contribution in [1.29, 1.82) is 0 Å². The predicted molar refractivity (Wildman–Crippen MR) is 58.0 cm³/mol. The summed E-state index contributed by atoms with van der Waals surface area (Å²) in [5.74, 6) is 1.11. The Morgan fingerprint density at radius 3 is 2.46 bits per heavy atom. The van der Waals surface area contributed by atoms with Crippen molar-refractivity contribution in [2.45, 2.75) is 25.4 Å². The number of aliphatic hydroxyl groups is 1. The van der Waals surface area contributed by atoms with Gasteiger partial charge >= 0.3 is 0 Å². The number of rotatable bonds is 7. The Balaban J connectivity index is 3.42. The Morgan fingerprint density at radius 1 is 1.38 bits per heavy atom. The van der Waals surface area contributed by atoms with Crippen LogP contribution >= 0.6 is 11.8 Å². The van der Waals surface area contributed by atoms with E-state index in [0.29, 0.717) is 12.8 Å². The van der Waals surface area contributed by atoms with E-state index in [1.807, 2.05) is 6.26 Å². The fraction of sp³-hybridized carbons (Fsp3) is 1.00. The minimum atomic E-state index is -2.86. The highest BCUT2D eigenvalue weighted by molar-refractivity contribution is 7.98. The lowest BCUT2D eigenvalue weighted by Crippen LogP contribution is -2.11. The lowest BCUT2D eigenvalue weighted by molar-refractivity contribution is 0.161. The van der Waals surface area contributed by atoms with Gasteiger partial charge in [0.25, 0.3) is 0 Å². The molecular formula is C8H18O3S2. The van der Waals surface area contributed by atoms with E-state index < -0.39 is 9.84 Å². The molecule has 0 spiro atoms. The van der Waals surface area contributed by atoms with E-state index in [1.165, 1.54) is 6.26 Å². The minimum absolute atomic E-state index is 0.184. The van der Waals surface area contributed by atoms with Crippen LogP contribution in [0.15, 0.2) is 0 Å². The number of hydrogen-bond acceptors (Lipinski definition) is 4. The topological polar surface area (TPSA) is 54.4 Å². The molecule has 13 heavy (non-hydrogen) atoms. The van der Waals surface area contributed by atoms with Crippen LogP contribution in [-0.2, 0) is 9.84 Å². The van der Waals surface area contributed by atoms with Crippen molar-refractivity contribution in [2.24, 2.45) is 0 Å². The summed E-state index contributed by atoms with van der Waals surface area (Å²) in [6.45, 7) is 0. The van der Waals surface area contributed by atoms with Crippen LogP contribution in [0.2, 0.25) is 0 Å². The van der Waals surface area contributed by atoms with Crippen molar-refractivity contribution in [1.82, 2.24) is 0 Å². The van der Waals surface area contributed by atoms with Crippen LogP contribution in [0, 0.1) is 0 Å². The molecule has 0 amide bonds. The number of thioether (sulfide) groups is 1. The van der Waals surface area contributed by atoms with E-state index in [9.17, 15) is 13.5 Å². The average Bonchev–Trinajstić information content (AvgIpc) is 1.98. The third-order valence-corrected chi connectivity index (χ3v) is 3.38. The molecule has 0 fully saturated rings. The van der Waals surface area contributed by atoms with Crippen LogP contribution in [0.4, 0.5) is 0 Å². The average molecular weight is 226 g/mol. The zero-order valence-electron chi connectivity index (χ0n) is 8.19. The lowest BCUT2D eigenvalue weighted by atomic mass is 10.2. The molecule has 80 valence electrons. The molecule has 0 saturated carbocycles. The summed E-state index contributed by atoms with van der Waals surface area (Å²) < 4.78 is 21.5. The van der Waals surface area contributed by atoms with E-state index >= 15 is 0 Å². The minimum Gasteiger partial charge on any atom is -0.393 e. The Hall–Kier alpha value is 0.260. The molecule has 1 unspecified atom stereocenters. The van der Waals surface area contributed by atoms with E-state index in [2.05, 4.69) is 0 Å². The third-order valence-electron chi connectivity index (χ3n) is 1.71. The first-order valence-corrected chi connectivity index (χ1v) is 7.76.